The van der Waals surface area contributed by atoms with E-state index in [0.717, 1.165) is 11.3 Å². The number of anilines is 1. The number of carbonyl (C=O) groups excluding carboxylic acids is 2. The van der Waals surface area contributed by atoms with Crippen LogP contribution in [0.1, 0.15) is 22.8 Å². The molecule has 0 saturated heterocycles. The van der Waals surface area contributed by atoms with Crippen molar-refractivity contribution in [3.05, 3.63) is 58.6 Å². The molecule has 2 aromatic carbocycles. The second-order valence-electron chi connectivity index (χ2n) is 5.30. The molecule has 0 aliphatic carbocycles. The van der Waals surface area contributed by atoms with Gasteiger partial charge in [-0.15, -0.1) is 11.8 Å². The van der Waals surface area contributed by atoms with Crippen molar-refractivity contribution in [1.29, 1.82) is 0 Å². The van der Waals surface area contributed by atoms with Gasteiger partial charge in [0, 0.05) is 11.4 Å². The maximum absolute atomic E-state index is 12.1. The lowest BCUT2D eigenvalue weighted by molar-refractivity contribution is -0.113. The standard InChI is InChI=1S/C19H20ClNO4S/c1-3-25-19(23)16-10-14(6-9-17(16)20)21-18(22)12-26-11-13-4-7-15(24-2)8-5-13/h4-10H,3,11-12H2,1-2H3,(H,21,22). The van der Waals surface area contributed by atoms with E-state index in [0.29, 0.717) is 17.2 Å². The summed E-state index contributed by atoms with van der Waals surface area (Å²) in [6.07, 6.45) is 0. The summed E-state index contributed by atoms with van der Waals surface area (Å²) in [6.45, 7) is 1.98. The zero-order valence-electron chi connectivity index (χ0n) is 14.6. The first kappa shape index (κ1) is 20.1. The molecule has 5 nitrogen and oxygen atoms in total. The summed E-state index contributed by atoms with van der Waals surface area (Å²) in [7, 11) is 1.62. The minimum atomic E-state index is -0.512. The number of hydrogen-bond donors (Lipinski definition) is 1. The fraction of sp³-hybridized carbons (Fsp3) is 0.263. The molecule has 2 rings (SSSR count). The number of hydrogen-bond acceptors (Lipinski definition) is 5. The van der Waals surface area contributed by atoms with Crippen LogP contribution in [-0.4, -0.2) is 31.3 Å². The van der Waals surface area contributed by atoms with Crippen LogP contribution in [0.25, 0.3) is 0 Å². The molecular weight excluding hydrogens is 374 g/mol. The van der Waals surface area contributed by atoms with E-state index in [1.54, 1.807) is 26.2 Å². The van der Waals surface area contributed by atoms with Gasteiger partial charge >= 0.3 is 5.97 Å². The molecule has 1 amide bonds. The quantitative estimate of drug-likeness (QED) is 0.673. The van der Waals surface area contributed by atoms with Gasteiger partial charge in [0.25, 0.3) is 0 Å². The monoisotopic (exact) mass is 393 g/mol. The number of ether oxygens (including phenoxy) is 2. The first-order valence-corrected chi connectivity index (χ1v) is 9.54. The molecular formula is C19H20ClNO4S. The van der Waals surface area contributed by atoms with Gasteiger partial charge in [-0.05, 0) is 42.8 Å². The number of thioether (sulfide) groups is 1. The second kappa shape index (κ2) is 10.1. The lowest BCUT2D eigenvalue weighted by atomic mass is 10.2. The van der Waals surface area contributed by atoms with Crippen molar-refractivity contribution in [2.75, 3.05) is 24.8 Å². The van der Waals surface area contributed by atoms with Crippen molar-refractivity contribution >= 4 is 40.9 Å². The topological polar surface area (TPSA) is 64.6 Å². The van der Waals surface area contributed by atoms with Crippen LogP contribution < -0.4 is 10.1 Å². The van der Waals surface area contributed by atoms with Crippen molar-refractivity contribution in [2.45, 2.75) is 12.7 Å². The molecule has 0 aliphatic heterocycles. The molecule has 26 heavy (non-hydrogen) atoms. The molecule has 0 unspecified atom stereocenters. The maximum Gasteiger partial charge on any atom is 0.339 e. The molecule has 0 fully saturated rings. The number of rotatable bonds is 8. The second-order valence-corrected chi connectivity index (χ2v) is 6.70. The normalized spacial score (nSPS) is 10.3. The average molecular weight is 394 g/mol. The van der Waals surface area contributed by atoms with Crippen LogP contribution in [0, 0.1) is 0 Å². The van der Waals surface area contributed by atoms with E-state index >= 15 is 0 Å². The molecule has 2 aromatic rings. The smallest absolute Gasteiger partial charge is 0.339 e. The van der Waals surface area contributed by atoms with E-state index in [4.69, 9.17) is 21.1 Å². The first-order valence-electron chi connectivity index (χ1n) is 8.00. The average Bonchev–Trinajstić information content (AvgIpc) is 2.64. The Morgan fingerprint density at radius 2 is 1.88 bits per heavy atom. The number of esters is 1. The third-order valence-electron chi connectivity index (χ3n) is 3.41. The molecule has 0 aromatic heterocycles. The number of methoxy groups -OCH3 is 1. The number of amides is 1. The Morgan fingerprint density at radius 3 is 2.54 bits per heavy atom. The molecule has 138 valence electrons. The van der Waals surface area contributed by atoms with Gasteiger partial charge in [-0.25, -0.2) is 4.79 Å². The molecule has 7 heteroatoms. The number of halogens is 1. The predicted molar refractivity (Wildman–Crippen MR) is 105 cm³/mol. The van der Waals surface area contributed by atoms with Crippen LogP contribution in [0.15, 0.2) is 42.5 Å². The Kier molecular flexibility index (Phi) is 7.81. The van der Waals surface area contributed by atoms with Crippen LogP contribution in [-0.2, 0) is 15.3 Å². The van der Waals surface area contributed by atoms with E-state index in [2.05, 4.69) is 5.32 Å². The zero-order valence-corrected chi connectivity index (χ0v) is 16.2. The fourth-order valence-electron chi connectivity index (χ4n) is 2.15. The molecule has 0 atom stereocenters. The third-order valence-corrected chi connectivity index (χ3v) is 4.74. The highest BCUT2D eigenvalue weighted by Crippen LogP contribution is 2.22. The summed E-state index contributed by atoms with van der Waals surface area (Å²) in [5.74, 6) is 1.15. The number of benzene rings is 2. The van der Waals surface area contributed by atoms with Gasteiger partial charge < -0.3 is 14.8 Å². The van der Waals surface area contributed by atoms with Gasteiger partial charge in [0.2, 0.25) is 5.91 Å². The van der Waals surface area contributed by atoms with E-state index < -0.39 is 5.97 Å². The summed E-state index contributed by atoms with van der Waals surface area (Å²) in [5.41, 5.74) is 1.85. The summed E-state index contributed by atoms with van der Waals surface area (Å²) >= 11 is 7.51. The Balaban J connectivity index is 1.87. The van der Waals surface area contributed by atoms with E-state index in [1.165, 1.54) is 17.8 Å². The van der Waals surface area contributed by atoms with Crippen molar-refractivity contribution in [3.63, 3.8) is 0 Å². The van der Waals surface area contributed by atoms with Gasteiger partial charge in [-0.2, -0.15) is 0 Å². The third kappa shape index (κ3) is 5.97. The van der Waals surface area contributed by atoms with E-state index in [1.807, 2.05) is 24.3 Å². The fourth-order valence-corrected chi connectivity index (χ4v) is 3.13. The highest BCUT2D eigenvalue weighted by molar-refractivity contribution is 7.99. The highest BCUT2D eigenvalue weighted by Gasteiger charge is 2.13. The summed E-state index contributed by atoms with van der Waals surface area (Å²) in [4.78, 5) is 23.9. The predicted octanol–water partition coefficient (Wildman–Crippen LogP) is 4.40. The number of nitrogens with one attached hydrogen (secondary N) is 1. The van der Waals surface area contributed by atoms with Gasteiger partial charge in [0.1, 0.15) is 5.75 Å². The molecule has 0 spiro atoms. The van der Waals surface area contributed by atoms with Gasteiger partial charge in [-0.3, -0.25) is 4.79 Å². The van der Waals surface area contributed by atoms with E-state index in [-0.39, 0.29) is 23.1 Å². The largest absolute Gasteiger partial charge is 0.497 e. The van der Waals surface area contributed by atoms with Gasteiger partial charge in [0.15, 0.2) is 0 Å². The Bertz CT molecular complexity index is 765. The van der Waals surface area contributed by atoms with Crippen molar-refractivity contribution in [3.8, 4) is 5.75 Å². The van der Waals surface area contributed by atoms with Crippen LogP contribution in [0.2, 0.25) is 5.02 Å². The Hall–Kier alpha value is -2.18. The SMILES string of the molecule is CCOC(=O)c1cc(NC(=O)CSCc2ccc(OC)cc2)ccc1Cl. The van der Waals surface area contributed by atoms with E-state index in [9.17, 15) is 9.59 Å². The summed E-state index contributed by atoms with van der Waals surface area (Å²) in [6, 6.07) is 12.4. The lowest BCUT2D eigenvalue weighted by Gasteiger charge is -2.09. The molecule has 0 heterocycles. The minimum absolute atomic E-state index is 0.152. The van der Waals surface area contributed by atoms with Crippen LogP contribution >= 0.6 is 23.4 Å². The molecule has 0 saturated carbocycles. The molecule has 0 aliphatic rings. The van der Waals surface area contributed by atoms with Crippen LogP contribution in [0.3, 0.4) is 0 Å². The first-order chi connectivity index (χ1) is 12.5. The van der Waals surface area contributed by atoms with Crippen LogP contribution in [0.4, 0.5) is 5.69 Å². The zero-order chi connectivity index (χ0) is 18.9. The Labute approximate surface area is 162 Å². The lowest BCUT2D eigenvalue weighted by Crippen LogP contribution is -2.15. The summed E-state index contributed by atoms with van der Waals surface area (Å²) < 4.78 is 10.1. The Morgan fingerprint density at radius 1 is 1.15 bits per heavy atom. The maximum atomic E-state index is 12.1. The van der Waals surface area contributed by atoms with Gasteiger partial charge in [-0.1, -0.05) is 23.7 Å². The summed E-state index contributed by atoms with van der Waals surface area (Å²) in [5, 5.41) is 3.05. The van der Waals surface area contributed by atoms with Crippen molar-refractivity contribution < 1.29 is 19.1 Å². The van der Waals surface area contributed by atoms with Crippen LogP contribution in [0.5, 0.6) is 5.75 Å². The molecule has 0 radical (unpaired) electrons. The van der Waals surface area contributed by atoms with Crippen molar-refractivity contribution in [1.82, 2.24) is 0 Å². The van der Waals surface area contributed by atoms with Crippen molar-refractivity contribution in [2.24, 2.45) is 0 Å². The van der Waals surface area contributed by atoms with Gasteiger partial charge in [0.05, 0.1) is 30.1 Å². The molecule has 1 N–H and O–H groups in total. The molecule has 0 bridgehead atoms. The minimum Gasteiger partial charge on any atom is -0.497 e. The number of carbonyl (C=O) groups is 2. The highest BCUT2D eigenvalue weighted by atomic mass is 35.5.